The molecule has 13 heavy (non-hydrogen) atoms. The van der Waals surface area contributed by atoms with Crippen molar-refractivity contribution in [3.63, 3.8) is 0 Å². The number of hydrogen-bond acceptors (Lipinski definition) is 2. The van der Waals surface area contributed by atoms with Crippen molar-refractivity contribution in [2.75, 3.05) is 7.11 Å². The van der Waals surface area contributed by atoms with Gasteiger partial charge in [0, 0.05) is 0 Å². The third-order valence-electron chi connectivity index (χ3n) is 1.53. The van der Waals surface area contributed by atoms with Gasteiger partial charge in [-0.3, -0.25) is 0 Å². The summed E-state index contributed by atoms with van der Waals surface area (Å²) in [7, 11) is 1.34. The van der Waals surface area contributed by atoms with Crippen LogP contribution in [0, 0.1) is 0 Å². The predicted octanol–water partition coefficient (Wildman–Crippen LogP) is 1.76. The molecule has 1 N–H and O–H groups in total. The van der Waals surface area contributed by atoms with Gasteiger partial charge in [0.1, 0.15) is 0 Å². The summed E-state index contributed by atoms with van der Waals surface area (Å²) in [5, 5.41) is 8.64. The Kier molecular flexibility index (Phi) is 3.09. The highest BCUT2D eigenvalue weighted by molar-refractivity contribution is 5.89. The predicted molar refractivity (Wildman–Crippen MR) is 49.1 cm³/mol. The molecule has 0 aliphatic heterocycles. The normalized spacial score (nSPS) is 11.0. The highest BCUT2D eigenvalue weighted by Crippen LogP contribution is 2.06. The number of rotatable bonds is 3. The highest BCUT2D eigenvalue weighted by Gasteiger charge is 2.05. The van der Waals surface area contributed by atoms with Crippen LogP contribution in [0.5, 0.6) is 0 Å². The monoisotopic (exact) mass is 178 g/mol. The molecule has 0 amide bonds. The van der Waals surface area contributed by atoms with Gasteiger partial charge in [-0.1, -0.05) is 30.3 Å². The lowest BCUT2D eigenvalue weighted by atomic mass is 10.2. The number of methoxy groups -OCH3 is 1. The molecule has 0 saturated carbocycles. The summed E-state index contributed by atoms with van der Waals surface area (Å²) in [6.45, 7) is 0. The zero-order valence-electron chi connectivity index (χ0n) is 7.23. The summed E-state index contributed by atoms with van der Waals surface area (Å²) in [5.41, 5.74) is 0.807. The first kappa shape index (κ1) is 9.32. The zero-order chi connectivity index (χ0) is 9.68. The minimum absolute atomic E-state index is 0.0637. The second-order valence-electron chi connectivity index (χ2n) is 2.43. The lowest BCUT2D eigenvalue weighted by Crippen LogP contribution is -2.01. The molecule has 0 spiro atoms. The minimum Gasteiger partial charge on any atom is -0.490 e. The van der Waals surface area contributed by atoms with Crippen molar-refractivity contribution in [3.8, 4) is 0 Å². The van der Waals surface area contributed by atoms with Crippen LogP contribution in [0.1, 0.15) is 5.56 Å². The van der Waals surface area contributed by atoms with Gasteiger partial charge in [-0.05, 0) is 11.6 Å². The molecule has 0 aromatic heterocycles. The van der Waals surface area contributed by atoms with Crippen molar-refractivity contribution in [3.05, 3.63) is 41.7 Å². The number of hydrogen-bond donors (Lipinski definition) is 1. The van der Waals surface area contributed by atoms with Crippen molar-refractivity contribution < 1.29 is 14.6 Å². The van der Waals surface area contributed by atoms with Gasteiger partial charge in [0.05, 0.1) is 7.11 Å². The quantitative estimate of drug-likeness (QED) is 0.566. The summed E-state index contributed by atoms with van der Waals surface area (Å²) < 4.78 is 4.68. The third kappa shape index (κ3) is 2.63. The van der Waals surface area contributed by atoms with Crippen LogP contribution in [0.4, 0.5) is 0 Å². The van der Waals surface area contributed by atoms with Crippen LogP contribution in [0.3, 0.4) is 0 Å². The second-order valence-corrected chi connectivity index (χ2v) is 2.43. The lowest BCUT2D eigenvalue weighted by molar-refractivity contribution is -0.135. The van der Waals surface area contributed by atoms with E-state index in [0.29, 0.717) is 0 Å². The van der Waals surface area contributed by atoms with E-state index >= 15 is 0 Å². The smallest absolute Gasteiger partial charge is 0.371 e. The Labute approximate surface area is 76.3 Å². The number of aliphatic carboxylic acids is 1. The average molecular weight is 178 g/mol. The van der Waals surface area contributed by atoms with Gasteiger partial charge in [0.15, 0.2) is 0 Å². The van der Waals surface area contributed by atoms with Gasteiger partial charge in [0.2, 0.25) is 5.76 Å². The molecule has 0 radical (unpaired) electrons. The van der Waals surface area contributed by atoms with Gasteiger partial charge in [-0.25, -0.2) is 4.79 Å². The molecule has 1 aromatic carbocycles. The Morgan fingerprint density at radius 2 is 2.00 bits per heavy atom. The molecule has 0 fully saturated rings. The zero-order valence-corrected chi connectivity index (χ0v) is 7.23. The fraction of sp³-hybridized carbons (Fsp3) is 0.100. The Morgan fingerprint density at radius 3 is 2.46 bits per heavy atom. The molecule has 0 heterocycles. The molecule has 3 nitrogen and oxygen atoms in total. The lowest BCUT2D eigenvalue weighted by Gasteiger charge is -1.99. The largest absolute Gasteiger partial charge is 0.490 e. The van der Waals surface area contributed by atoms with E-state index in [2.05, 4.69) is 4.74 Å². The maximum Gasteiger partial charge on any atom is 0.371 e. The van der Waals surface area contributed by atoms with Crippen molar-refractivity contribution in [1.29, 1.82) is 0 Å². The molecule has 0 saturated heterocycles. The summed E-state index contributed by atoms with van der Waals surface area (Å²) in [5.74, 6) is -1.13. The standard InChI is InChI=1S/C10H10O3/c1-13-9(10(11)12)7-8-5-3-2-4-6-8/h2-7H,1H3,(H,11,12)/b9-7-. The maximum absolute atomic E-state index is 10.5. The van der Waals surface area contributed by atoms with Gasteiger partial charge < -0.3 is 9.84 Å². The molecule has 0 aliphatic carbocycles. The van der Waals surface area contributed by atoms with E-state index in [-0.39, 0.29) is 5.76 Å². The molecule has 0 unspecified atom stereocenters. The third-order valence-corrected chi connectivity index (χ3v) is 1.53. The fourth-order valence-electron chi connectivity index (χ4n) is 0.909. The van der Waals surface area contributed by atoms with Crippen LogP contribution in [-0.2, 0) is 9.53 Å². The van der Waals surface area contributed by atoms with Crippen molar-refractivity contribution in [2.45, 2.75) is 0 Å². The summed E-state index contributed by atoms with van der Waals surface area (Å²) in [6.07, 6.45) is 1.47. The molecular weight excluding hydrogens is 168 g/mol. The molecule has 68 valence electrons. The van der Waals surface area contributed by atoms with E-state index in [1.807, 2.05) is 30.3 Å². The summed E-state index contributed by atoms with van der Waals surface area (Å²) in [6, 6.07) is 9.15. The summed E-state index contributed by atoms with van der Waals surface area (Å²) >= 11 is 0. The number of benzene rings is 1. The number of ether oxygens (including phenoxy) is 1. The Hall–Kier alpha value is -1.77. The van der Waals surface area contributed by atoms with E-state index in [4.69, 9.17) is 5.11 Å². The number of carbonyl (C=O) groups is 1. The maximum atomic E-state index is 10.5. The second kappa shape index (κ2) is 4.30. The SMILES string of the molecule is CO/C(=C\c1ccccc1)C(=O)O. The van der Waals surface area contributed by atoms with Crippen molar-refractivity contribution in [1.82, 2.24) is 0 Å². The fourth-order valence-corrected chi connectivity index (χ4v) is 0.909. The van der Waals surface area contributed by atoms with Crippen LogP contribution < -0.4 is 0 Å². The summed E-state index contributed by atoms with van der Waals surface area (Å²) in [4.78, 5) is 10.5. The van der Waals surface area contributed by atoms with E-state index in [9.17, 15) is 4.79 Å². The van der Waals surface area contributed by atoms with Crippen LogP contribution >= 0.6 is 0 Å². The molecule has 3 heteroatoms. The molecular formula is C10H10O3. The Morgan fingerprint density at radius 1 is 1.38 bits per heavy atom. The van der Waals surface area contributed by atoms with Gasteiger partial charge in [-0.15, -0.1) is 0 Å². The minimum atomic E-state index is -1.06. The molecule has 0 aliphatic rings. The van der Waals surface area contributed by atoms with E-state index in [1.54, 1.807) is 0 Å². The number of carboxylic acid groups (broad SMARTS) is 1. The number of carboxylic acids is 1. The van der Waals surface area contributed by atoms with Crippen LogP contribution in [-0.4, -0.2) is 18.2 Å². The van der Waals surface area contributed by atoms with E-state index in [1.165, 1.54) is 13.2 Å². The van der Waals surface area contributed by atoms with Crippen LogP contribution in [0.2, 0.25) is 0 Å². The Bertz CT molecular complexity index is 314. The molecule has 1 rings (SSSR count). The topological polar surface area (TPSA) is 46.5 Å². The van der Waals surface area contributed by atoms with Crippen LogP contribution in [0.25, 0.3) is 6.08 Å². The first-order chi connectivity index (χ1) is 6.24. The Balaban J connectivity index is 2.92. The van der Waals surface area contributed by atoms with Crippen LogP contribution in [0.15, 0.2) is 36.1 Å². The first-order valence-corrected chi connectivity index (χ1v) is 3.78. The molecule has 1 aromatic rings. The van der Waals surface area contributed by atoms with Crippen molar-refractivity contribution in [2.24, 2.45) is 0 Å². The van der Waals surface area contributed by atoms with E-state index < -0.39 is 5.97 Å². The van der Waals surface area contributed by atoms with Gasteiger partial charge in [0.25, 0.3) is 0 Å². The van der Waals surface area contributed by atoms with Gasteiger partial charge in [-0.2, -0.15) is 0 Å². The molecule has 0 atom stereocenters. The highest BCUT2D eigenvalue weighted by atomic mass is 16.5. The van der Waals surface area contributed by atoms with Crippen molar-refractivity contribution >= 4 is 12.0 Å². The first-order valence-electron chi connectivity index (χ1n) is 3.78. The molecule has 0 bridgehead atoms. The van der Waals surface area contributed by atoms with E-state index in [0.717, 1.165) is 5.56 Å². The average Bonchev–Trinajstić information content (AvgIpc) is 2.15. The van der Waals surface area contributed by atoms with Gasteiger partial charge >= 0.3 is 5.97 Å².